The van der Waals surface area contributed by atoms with Crippen molar-refractivity contribution in [2.45, 2.75) is 11.1 Å². The molecule has 0 aliphatic rings. The molecule has 0 atom stereocenters. The van der Waals surface area contributed by atoms with Crippen LogP contribution in [0.1, 0.15) is 4.88 Å². The molecule has 0 bridgehead atoms. The Bertz CT molecular complexity index is 1160. The lowest BCUT2D eigenvalue weighted by Gasteiger charge is -2.08. The third kappa shape index (κ3) is 3.11. The van der Waals surface area contributed by atoms with E-state index in [0.29, 0.717) is 21.2 Å². The number of anilines is 1. The average molecular weight is 371 g/mol. The Balaban J connectivity index is 1.67. The Kier molecular flexibility index (Phi) is 3.74. The highest BCUT2D eigenvalue weighted by molar-refractivity contribution is 7.94. The summed E-state index contributed by atoms with van der Waals surface area (Å²) in [7, 11) is -3.59. The van der Waals surface area contributed by atoms with E-state index in [1.807, 2.05) is 19.1 Å². The van der Waals surface area contributed by atoms with Crippen LogP contribution in [-0.2, 0) is 10.0 Å². The third-order valence-electron chi connectivity index (χ3n) is 3.55. The Labute approximate surface area is 148 Å². The van der Waals surface area contributed by atoms with Crippen LogP contribution in [0, 0.1) is 6.92 Å². The van der Waals surface area contributed by atoms with Crippen molar-refractivity contribution in [2.75, 3.05) is 4.72 Å². The van der Waals surface area contributed by atoms with Crippen molar-refractivity contribution in [2.24, 2.45) is 0 Å². The molecule has 9 heteroatoms. The van der Waals surface area contributed by atoms with Crippen LogP contribution in [0.15, 0.2) is 59.1 Å². The van der Waals surface area contributed by atoms with Gasteiger partial charge >= 0.3 is 0 Å². The molecule has 0 unspecified atom stereocenters. The van der Waals surface area contributed by atoms with Crippen LogP contribution in [0.4, 0.5) is 5.69 Å². The second kappa shape index (κ2) is 5.94. The minimum atomic E-state index is -3.59. The van der Waals surface area contributed by atoms with Crippen molar-refractivity contribution in [3.63, 3.8) is 0 Å². The van der Waals surface area contributed by atoms with Crippen LogP contribution in [0.3, 0.4) is 0 Å². The summed E-state index contributed by atoms with van der Waals surface area (Å²) in [4.78, 5) is 0.945. The summed E-state index contributed by atoms with van der Waals surface area (Å²) < 4.78 is 29.4. The lowest BCUT2D eigenvalue weighted by Crippen LogP contribution is -2.11. The van der Waals surface area contributed by atoms with Gasteiger partial charge in [-0.1, -0.05) is 12.1 Å². The first kappa shape index (κ1) is 15.7. The summed E-state index contributed by atoms with van der Waals surface area (Å²) in [5.41, 5.74) is 2.61. The lowest BCUT2D eigenvalue weighted by molar-refractivity contribution is 0.603. The van der Waals surface area contributed by atoms with Gasteiger partial charge in [-0.15, -0.1) is 21.5 Å². The van der Waals surface area contributed by atoms with Crippen molar-refractivity contribution in [3.8, 4) is 11.3 Å². The summed E-state index contributed by atoms with van der Waals surface area (Å²) >= 11 is 1.24. The summed E-state index contributed by atoms with van der Waals surface area (Å²) in [6.07, 6.45) is 1.52. The van der Waals surface area contributed by atoms with Crippen molar-refractivity contribution in [1.82, 2.24) is 19.8 Å². The monoisotopic (exact) mass is 371 g/mol. The number of benzene rings is 1. The average Bonchev–Trinajstić information content (AvgIpc) is 3.23. The molecule has 0 aliphatic heterocycles. The largest absolute Gasteiger partial charge is 0.279 e. The van der Waals surface area contributed by atoms with E-state index in [2.05, 4.69) is 20.0 Å². The van der Waals surface area contributed by atoms with Gasteiger partial charge in [0.15, 0.2) is 5.65 Å². The molecule has 126 valence electrons. The number of aryl methyl sites for hydroxylation is 1. The van der Waals surface area contributed by atoms with Gasteiger partial charge in [-0.2, -0.15) is 9.61 Å². The third-order valence-corrected chi connectivity index (χ3v) is 6.43. The molecule has 1 N–H and O–H groups in total. The van der Waals surface area contributed by atoms with Gasteiger partial charge in [-0.05, 0) is 43.3 Å². The zero-order chi connectivity index (χ0) is 17.4. The first-order valence-electron chi connectivity index (χ1n) is 7.38. The number of aromatic nitrogens is 4. The molecule has 4 aromatic rings. The number of hydrogen-bond acceptors (Lipinski definition) is 6. The Hall–Kier alpha value is -2.78. The van der Waals surface area contributed by atoms with E-state index in [1.54, 1.807) is 40.9 Å². The maximum Gasteiger partial charge on any atom is 0.271 e. The molecule has 0 radical (unpaired) electrons. The predicted molar refractivity (Wildman–Crippen MR) is 96.1 cm³/mol. The minimum Gasteiger partial charge on any atom is -0.279 e. The van der Waals surface area contributed by atoms with Gasteiger partial charge in [0, 0.05) is 16.1 Å². The number of fused-ring (bicyclic) bond motifs is 1. The molecule has 0 aliphatic carbocycles. The van der Waals surface area contributed by atoms with Crippen LogP contribution in [0.25, 0.3) is 16.9 Å². The van der Waals surface area contributed by atoms with Crippen molar-refractivity contribution in [3.05, 3.63) is 59.7 Å². The van der Waals surface area contributed by atoms with E-state index in [4.69, 9.17) is 0 Å². The maximum atomic E-state index is 12.5. The van der Waals surface area contributed by atoms with Gasteiger partial charge in [-0.3, -0.25) is 4.72 Å². The summed E-state index contributed by atoms with van der Waals surface area (Å²) in [5.74, 6) is 0. The van der Waals surface area contributed by atoms with Crippen LogP contribution in [-0.4, -0.2) is 28.2 Å². The molecular weight excluding hydrogens is 358 g/mol. The fourth-order valence-electron chi connectivity index (χ4n) is 2.39. The number of sulfonamides is 1. The molecule has 0 amide bonds. The lowest BCUT2D eigenvalue weighted by atomic mass is 10.1. The zero-order valence-electron chi connectivity index (χ0n) is 13.1. The Morgan fingerprint density at radius 3 is 2.80 bits per heavy atom. The summed E-state index contributed by atoms with van der Waals surface area (Å²) in [5, 5.41) is 12.1. The molecule has 0 spiro atoms. The molecule has 3 aromatic heterocycles. The van der Waals surface area contributed by atoms with Crippen LogP contribution in [0.5, 0.6) is 0 Å². The maximum absolute atomic E-state index is 12.5. The van der Waals surface area contributed by atoms with E-state index in [9.17, 15) is 8.42 Å². The van der Waals surface area contributed by atoms with Gasteiger partial charge in [0.05, 0.1) is 5.69 Å². The Morgan fingerprint density at radius 1 is 1.12 bits per heavy atom. The van der Waals surface area contributed by atoms with Gasteiger partial charge in [0.25, 0.3) is 10.0 Å². The van der Waals surface area contributed by atoms with E-state index in [0.717, 1.165) is 10.4 Å². The molecule has 3 heterocycles. The highest BCUT2D eigenvalue weighted by Gasteiger charge is 2.16. The molecular formula is C16H13N5O2S2. The summed E-state index contributed by atoms with van der Waals surface area (Å²) in [6, 6.07) is 14.1. The first-order valence-corrected chi connectivity index (χ1v) is 9.68. The standard InChI is InChI=1S/C16H13N5O2S2/c1-11-5-8-16(24-11)25(22,23)20-13-4-2-3-12(9-13)14-6-7-15-18-17-10-21(15)19-14/h2-10,20H,1H3. The normalized spacial score (nSPS) is 11.7. The van der Waals surface area contributed by atoms with Crippen LogP contribution >= 0.6 is 11.3 Å². The SMILES string of the molecule is Cc1ccc(S(=O)(=O)Nc2cccc(-c3ccc4nncn4n3)c2)s1. The topological polar surface area (TPSA) is 89.2 Å². The van der Waals surface area contributed by atoms with E-state index in [-0.39, 0.29) is 0 Å². The zero-order valence-corrected chi connectivity index (χ0v) is 14.8. The van der Waals surface area contributed by atoms with Gasteiger partial charge in [0.1, 0.15) is 10.5 Å². The van der Waals surface area contributed by atoms with E-state index in [1.165, 1.54) is 17.7 Å². The molecule has 0 saturated carbocycles. The predicted octanol–water partition coefficient (Wildman–Crippen LogP) is 2.96. The fraction of sp³-hybridized carbons (Fsp3) is 0.0625. The fourth-order valence-corrected chi connectivity index (χ4v) is 4.72. The van der Waals surface area contributed by atoms with Crippen molar-refractivity contribution in [1.29, 1.82) is 0 Å². The highest BCUT2D eigenvalue weighted by Crippen LogP contribution is 2.26. The smallest absolute Gasteiger partial charge is 0.271 e. The molecule has 0 saturated heterocycles. The molecule has 4 rings (SSSR count). The first-order chi connectivity index (χ1) is 12.0. The number of nitrogens with one attached hydrogen (secondary N) is 1. The van der Waals surface area contributed by atoms with Gasteiger partial charge in [0.2, 0.25) is 0 Å². The highest BCUT2D eigenvalue weighted by atomic mass is 32.2. The van der Waals surface area contributed by atoms with Crippen LogP contribution in [0.2, 0.25) is 0 Å². The van der Waals surface area contributed by atoms with Crippen LogP contribution < -0.4 is 4.72 Å². The number of hydrogen-bond donors (Lipinski definition) is 1. The molecule has 7 nitrogen and oxygen atoms in total. The van der Waals surface area contributed by atoms with E-state index >= 15 is 0 Å². The van der Waals surface area contributed by atoms with E-state index < -0.39 is 10.0 Å². The summed E-state index contributed by atoms with van der Waals surface area (Å²) in [6.45, 7) is 1.87. The number of nitrogens with zero attached hydrogens (tertiary/aromatic N) is 4. The van der Waals surface area contributed by atoms with Gasteiger partial charge < -0.3 is 0 Å². The Morgan fingerprint density at radius 2 is 2.00 bits per heavy atom. The molecule has 0 fully saturated rings. The number of rotatable bonds is 4. The molecule has 1 aromatic carbocycles. The van der Waals surface area contributed by atoms with Crippen molar-refractivity contribution < 1.29 is 8.42 Å². The van der Waals surface area contributed by atoms with Gasteiger partial charge in [-0.25, -0.2) is 8.42 Å². The quantitative estimate of drug-likeness (QED) is 0.596. The second-order valence-corrected chi connectivity index (χ2v) is 8.60. The second-order valence-electron chi connectivity index (χ2n) is 5.40. The van der Waals surface area contributed by atoms with Crippen molar-refractivity contribution >= 4 is 32.7 Å². The minimum absolute atomic E-state index is 0.291. The number of thiophene rings is 1. The molecule has 25 heavy (non-hydrogen) atoms.